The van der Waals surface area contributed by atoms with Crippen LogP contribution in [0.15, 0.2) is 65.6 Å². The van der Waals surface area contributed by atoms with Crippen molar-refractivity contribution in [3.05, 3.63) is 82.6 Å². The van der Waals surface area contributed by atoms with Crippen molar-refractivity contribution in [2.24, 2.45) is 0 Å². The molecule has 0 saturated heterocycles. The van der Waals surface area contributed by atoms with Crippen molar-refractivity contribution < 1.29 is 27.2 Å². The number of nitrogens with zero attached hydrogens (tertiary/aromatic N) is 1. The number of hydrogen-bond donors (Lipinski definition) is 3. The molecule has 1 aliphatic heterocycles. The van der Waals surface area contributed by atoms with Crippen molar-refractivity contribution in [3.63, 3.8) is 0 Å². The molecule has 0 radical (unpaired) electrons. The zero-order valence-electron chi connectivity index (χ0n) is 20.9. The predicted octanol–water partition coefficient (Wildman–Crippen LogP) is 3.26. The van der Waals surface area contributed by atoms with Crippen molar-refractivity contribution in [1.82, 2.24) is 20.9 Å². The Bertz CT molecular complexity index is 1780. The summed E-state index contributed by atoms with van der Waals surface area (Å²) in [6, 6.07) is 15.3. The summed E-state index contributed by atoms with van der Waals surface area (Å²) < 4.78 is 41.5. The topological polar surface area (TPSA) is 134 Å². The van der Waals surface area contributed by atoms with Crippen LogP contribution < -0.4 is 16.0 Å². The average molecular weight is 579 g/mol. The standard InChI is InChI=1S/C28H23FN4O5S2/c29-18-3-7-20(8-4-18)40(37,38)25(27(36)31-14-24(34)32-19-5-6-19)28-33-22-10-2-16(12-23(22)39-28)15-1-9-21-17(11-15)13-30-26(21)35/h1-4,7-12,19,25H,5-6,13-14H2,(H,30,35)(H,31,36)(H,32,34). The number of carbonyl (C=O) groups is 3. The second kappa shape index (κ2) is 10.1. The van der Waals surface area contributed by atoms with Gasteiger partial charge in [-0.05, 0) is 78.1 Å². The van der Waals surface area contributed by atoms with Gasteiger partial charge in [-0.25, -0.2) is 17.8 Å². The van der Waals surface area contributed by atoms with Gasteiger partial charge in [0.25, 0.3) is 5.91 Å². The molecule has 1 fully saturated rings. The van der Waals surface area contributed by atoms with Crippen LogP contribution in [0.25, 0.3) is 21.3 Å². The number of fused-ring (bicyclic) bond motifs is 2. The van der Waals surface area contributed by atoms with Crippen molar-refractivity contribution in [3.8, 4) is 11.1 Å². The molecule has 12 heteroatoms. The van der Waals surface area contributed by atoms with Crippen molar-refractivity contribution in [2.45, 2.75) is 35.6 Å². The van der Waals surface area contributed by atoms with Gasteiger partial charge in [0.1, 0.15) is 10.8 Å². The van der Waals surface area contributed by atoms with Gasteiger partial charge < -0.3 is 16.0 Å². The maximum Gasteiger partial charge on any atom is 0.251 e. The summed E-state index contributed by atoms with van der Waals surface area (Å²) in [5.74, 6) is -2.03. The van der Waals surface area contributed by atoms with Gasteiger partial charge in [-0.15, -0.1) is 11.3 Å². The Morgan fingerprint density at radius 1 is 1.05 bits per heavy atom. The average Bonchev–Trinajstić information content (AvgIpc) is 3.53. The van der Waals surface area contributed by atoms with Crippen molar-refractivity contribution >= 4 is 49.1 Å². The van der Waals surface area contributed by atoms with Crippen LogP contribution in [-0.2, 0) is 26.0 Å². The largest absolute Gasteiger partial charge is 0.352 e. The van der Waals surface area contributed by atoms with Gasteiger partial charge in [-0.3, -0.25) is 14.4 Å². The third kappa shape index (κ3) is 5.07. The van der Waals surface area contributed by atoms with E-state index in [2.05, 4.69) is 20.9 Å². The molecule has 1 unspecified atom stereocenters. The number of carbonyl (C=O) groups excluding carboxylic acids is 3. The summed E-state index contributed by atoms with van der Waals surface area (Å²) in [6.07, 6.45) is 1.74. The number of thiazole rings is 1. The maximum atomic E-state index is 13.7. The number of rotatable bonds is 8. The summed E-state index contributed by atoms with van der Waals surface area (Å²) >= 11 is 1.06. The lowest BCUT2D eigenvalue weighted by Gasteiger charge is -2.16. The second-order valence-corrected chi connectivity index (χ2v) is 12.8. The molecule has 2 heterocycles. The Balaban J connectivity index is 1.35. The van der Waals surface area contributed by atoms with E-state index >= 15 is 0 Å². The van der Waals surface area contributed by atoms with E-state index in [0.717, 1.165) is 65.1 Å². The third-order valence-electron chi connectivity index (χ3n) is 6.81. The SMILES string of the molecule is O=C(CNC(=O)C(c1nc2ccc(-c3ccc4c(c3)CNC4=O)cc2s1)S(=O)(=O)c1ccc(F)cc1)NC1CC1. The summed E-state index contributed by atoms with van der Waals surface area (Å²) in [7, 11) is -4.35. The number of hydrogen-bond acceptors (Lipinski definition) is 7. The van der Waals surface area contributed by atoms with Gasteiger partial charge in [-0.1, -0.05) is 12.1 Å². The quantitative estimate of drug-likeness (QED) is 0.275. The summed E-state index contributed by atoms with van der Waals surface area (Å²) in [5.41, 5.74) is 3.74. The molecule has 1 aromatic heterocycles. The lowest BCUT2D eigenvalue weighted by atomic mass is 10.0. The Labute approximate surface area is 232 Å². The summed E-state index contributed by atoms with van der Waals surface area (Å²) in [5, 5.41) is 6.26. The Morgan fingerprint density at radius 2 is 1.77 bits per heavy atom. The van der Waals surface area contributed by atoms with Crippen LogP contribution in [-0.4, -0.2) is 43.7 Å². The van der Waals surface area contributed by atoms with E-state index in [1.165, 1.54) is 0 Å². The van der Waals surface area contributed by atoms with E-state index in [0.29, 0.717) is 22.3 Å². The highest BCUT2D eigenvalue weighted by Gasteiger charge is 2.38. The van der Waals surface area contributed by atoms with Crippen molar-refractivity contribution in [1.29, 1.82) is 0 Å². The molecule has 204 valence electrons. The highest BCUT2D eigenvalue weighted by atomic mass is 32.2. The molecular formula is C28H23FN4O5S2. The zero-order chi connectivity index (χ0) is 28.0. The van der Waals surface area contributed by atoms with Crippen LogP contribution in [0.1, 0.15) is 39.0 Å². The molecule has 40 heavy (non-hydrogen) atoms. The zero-order valence-corrected chi connectivity index (χ0v) is 22.6. The number of amides is 3. The highest BCUT2D eigenvalue weighted by molar-refractivity contribution is 7.92. The van der Waals surface area contributed by atoms with Crippen molar-refractivity contribution in [2.75, 3.05) is 6.54 Å². The second-order valence-electron chi connectivity index (χ2n) is 9.73. The molecule has 3 amide bonds. The van der Waals surface area contributed by atoms with Gasteiger partial charge in [0.15, 0.2) is 15.1 Å². The number of sulfone groups is 1. The highest BCUT2D eigenvalue weighted by Crippen LogP contribution is 2.36. The lowest BCUT2D eigenvalue weighted by Crippen LogP contribution is -2.41. The van der Waals surface area contributed by atoms with E-state index in [1.54, 1.807) is 12.1 Å². The Hall–Kier alpha value is -4.16. The molecular weight excluding hydrogens is 555 g/mol. The summed E-state index contributed by atoms with van der Waals surface area (Å²) in [4.78, 5) is 41.6. The fraction of sp³-hybridized carbons (Fsp3) is 0.214. The third-order valence-corrected chi connectivity index (χ3v) is 10.0. The van der Waals surface area contributed by atoms with Gasteiger partial charge in [0, 0.05) is 18.2 Å². The van der Waals surface area contributed by atoms with Crippen LogP contribution >= 0.6 is 11.3 Å². The fourth-order valence-electron chi connectivity index (χ4n) is 4.56. The molecule has 9 nitrogen and oxygen atoms in total. The van der Waals surface area contributed by atoms with E-state index in [9.17, 15) is 27.2 Å². The molecule has 2 aliphatic rings. The normalized spacial score (nSPS) is 15.4. The van der Waals surface area contributed by atoms with Gasteiger partial charge >= 0.3 is 0 Å². The predicted molar refractivity (Wildman–Crippen MR) is 147 cm³/mol. The van der Waals surface area contributed by atoms with Crippen LogP contribution in [0.3, 0.4) is 0 Å². The van der Waals surface area contributed by atoms with Crippen LogP contribution in [0, 0.1) is 5.82 Å². The minimum Gasteiger partial charge on any atom is -0.352 e. The van der Waals surface area contributed by atoms with Crippen LogP contribution in [0.2, 0.25) is 0 Å². The monoisotopic (exact) mass is 578 g/mol. The first-order chi connectivity index (χ1) is 19.2. The number of aromatic nitrogens is 1. The molecule has 4 aromatic rings. The first kappa shape index (κ1) is 26.1. The first-order valence-electron chi connectivity index (χ1n) is 12.6. The van der Waals surface area contributed by atoms with E-state index in [1.807, 2.05) is 24.3 Å². The van der Waals surface area contributed by atoms with Crippen LogP contribution in [0.4, 0.5) is 4.39 Å². The number of benzene rings is 3. The fourth-order valence-corrected chi connectivity index (χ4v) is 7.54. The van der Waals surface area contributed by atoms with E-state index in [-0.39, 0.29) is 28.4 Å². The van der Waals surface area contributed by atoms with Gasteiger partial charge in [0.05, 0.1) is 21.7 Å². The molecule has 1 saturated carbocycles. The smallest absolute Gasteiger partial charge is 0.251 e. The van der Waals surface area contributed by atoms with Crippen LogP contribution in [0.5, 0.6) is 0 Å². The molecule has 6 rings (SSSR count). The molecule has 0 spiro atoms. The number of halogens is 1. The number of nitrogens with one attached hydrogen (secondary N) is 3. The Kier molecular flexibility index (Phi) is 6.59. The Morgan fingerprint density at radius 3 is 2.52 bits per heavy atom. The van der Waals surface area contributed by atoms with Gasteiger partial charge in [0.2, 0.25) is 11.8 Å². The molecule has 1 atom stereocenters. The van der Waals surface area contributed by atoms with E-state index < -0.39 is 32.7 Å². The van der Waals surface area contributed by atoms with E-state index in [4.69, 9.17) is 0 Å². The molecule has 0 bridgehead atoms. The summed E-state index contributed by atoms with van der Waals surface area (Å²) in [6.45, 7) is 0.0706. The minimum atomic E-state index is -4.35. The lowest BCUT2D eigenvalue weighted by molar-refractivity contribution is -0.126. The molecule has 3 N–H and O–H groups in total. The molecule has 3 aromatic carbocycles. The molecule has 1 aliphatic carbocycles. The first-order valence-corrected chi connectivity index (χ1v) is 14.9. The minimum absolute atomic E-state index is 0.0281. The maximum absolute atomic E-state index is 13.7. The van der Waals surface area contributed by atoms with Gasteiger partial charge in [-0.2, -0.15) is 0 Å².